The predicted octanol–water partition coefficient (Wildman–Crippen LogP) is 25.0. The van der Waals surface area contributed by atoms with Crippen LogP contribution in [0.25, 0.3) is 0 Å². The van der Waals surface area contributed by atoms with Gasteiger partial charge in [-0.2, -0.15) is 0 Å². The molecular formula is C77H136O6. The van der Waals surface area contributed by atoms with Gasteiger partial charge in [-0.1, -0.05) is 343 Å². The van der Waals surface area contributed by atoms with Crippen LogP contribution in [0.3, 0.4) is 0 Å². The highest BCUT2D eigenvalue weighted by atomic mass is 16.6. The van der Waals surface area contributed by atoms with Crippen molar-refractivity contribution in [3.63, 3.8) is 0 Å². The van der Waals surface area contributed by atoms with E-state index in [9.17, 15) is 14.4 Å². The Bertz CT molecular complexity index is 1570. The van der Waals surface area contributed by atoms with Gasteiger partial charge in [0.2, 0.25) is 0 Å². The van der Waals surface area contributed by atoms with Crippen LogP contribution < -0.4 is 0 Å². The maximum absolute atomic E-state index is 12.9. The van der Waals surface area contributed by atoms with Gasteiger partial charge in [-0.15, -0.1) is 0 Å². The molecule has 0 rings (SSSR count). The number of hydrogen-bond acceptors (Lipinski definition) is 6. The van der Waals surface area contributed by atoms with Crippen molar-refractivity contribution in [1.29, 1.82) is 0 Å². The summed E-state index contributed by atoms with van der Waals surface area (Å²) in [5.74, 6) is -0.863. The minimum Gasteiger partial charge on any atom is -0.462 e. The van der Waals surface area contributed by atoms with Crippen molar-refractivity contribution in [2.45, 2.75) is 374 Å². The summed E-state index contributed by atoms with van der Waals surface area (Å²) in [6.45, 7) is 6.53. The predicted molar refractivity (Wildman–Crippen MR) is 362 cm³/mol. The molecule has 6 nitrogen and oxygen atoms in total. The second-order valence-corrected chi connectivity index (χ2v) is 24.1. The summed E-state index contributed by atoms with van der Waals surface area (Å²) in [6, 6.07) is 0. The van der Waals surface area contributed by atoms with Gasteiger partial charge in [0, 0.05) is 19.3 Å². The van der Waals surface area contributed by atoms with E-state index < -0.39 is 6.10 Å². The number of carbonyl (C=O) groups is 3. The molecule has 6 heteroatoms. The van der Waals surface area contributed by atoms with E-state index in [-0.39, 0.29) is 31.1 Å². The molecule has 0 fully saturated rings. The Morgan fingerprint density at radius 3 is 0.783 bits per heavy atom. The molecule has 0 aromatic heterocycles. The molecule has 0 heterocycles. The van der Waals surface area contributed by atoms with Gasteiger partial charge in [0.25, 0.3) is 0 Å². The lowest BCUT2D eigenvalue weighted by molar-refractivity contribution is -0.167. The van der Waals surface area contributed by atoms with Crippen LogP contribution in [0.4, 0.5) is 0 Å². The highest BCUT2D eigenvalue weighted by molar-refractivity contribution is 5.71. The minimum atomic E-state index is -0.778. The SMILES string of the molecule is CC/C=C\C/C=C\C/C=C\C/C=C\C/C=C\C/C=C\CCCCCCCCCCCCCCCCC(=O)OCC(COC(=O)CCCCCCC/C=C\CCCC)OC(=O)CCCCCCCCCCCCCCCCCCCCCCC. The second-order valence-electron chi connectivity index (χ2n) is 24.1. The molecule has 83 heavy (non-hydrogen) atoms. The molecule has 0 aliphatic rings. The first kappa shape index (κ1) is 79.6. The highest BCUT2D eigenvalue weighted by Crippen LogP contribution is 2.18. The average molecular weight is 1160 g/mol. The van der Waals surface area contributed by atoms with Crippen LogP contribution in [0.5, 0.6) is 0 Å². The van der Waals surface area contributed by atoms with Crippen molar-refractivity contribution in [2.75, 3.05) is 13.2 Å². The fourth-order valence-electron chi connectivity index (χ4n) is 10.5. The molecular weight excluding hydrogens is 1020 g/mol. The first-order chi connectivity index (χ1) is 41.0. The van der Waals surface area contributed by atoms with Crippen molar-refractivity contribution in [1.82, 2.24) is 0 Å². The standard InChI is InChI=1S/C77H136O6/c1-4-7-10-13-16-19-22-24-26-28-30-32-33-34-35-36-37-38-39-40-41-42-43-45-46-48-50-52-55-58-61-64-67-70-76(79)82-73-74(72-81-75(78)69-66-63-60-57-54-21-18-15-12-9-6-3)83-77(80)71-68-65-62-59-56-53-51-49-47-44-31-29-27-25-23-20-17-14-11-8-5-2/h7,10,15-16,18-19,24,26,30,32,34-35,37-38,74H,4-6,8-9,11-14,17,20-23,25,27-29,31,33,36,39-73H2,1-3H3/b10-7-,18-15-,19-16-,26-24-,32-30-,35-34-,38-37-. The lowest BCUT2D eigenvalue weighted by Gasteiger charge is -2.18. The van der Waals surface area contributed by atoms with Crippen LogP contribution >= 0.6 is 0 Å². The normalized spacial score (nSPS) is 12.6. The van der Waals surface area contributed by atoms with Crippen molar-refractivity contribution in [2.24, 2.45) is 0 Å². The molecule has 0 saturated carbocycles. The maximum atomic E-state index is 12.9. The summed E-state index contributed by atoms with van der Waals surface area (Å²) in [4.78, 5) is 38.4. The molecule has 0 amide bonds. The van der Waals surface area contributed by atoms with Gasteiger partial charge < -0.3 is 14.2 Å². The van der Waals surface area contributed by atoms with Gasteiger partial charge in [-0.25, -0.2) is 0 Å². The lowest BCUT2D eigenvalue weighted by atomic mass is 10.0. The number of ether oxygens (including phenoxy) is 3. The summed E-state index contributed by atoms with van der Waals surface area (Å²) in [7, 11) is 0. The topological polar surface area (TPSA) is 78.9 Å². The van der Waals surface area contributed by atoms with Gasteiger partial charge in [0.15, 0.2) is 6.10 Å². The van der Waals surface area contributed by atoms with E-state index >= 15 is 0 Å². The van der Waals surface area contributed by atoms with E-state index in [1.54, 1.807) is 0 Å². The Morgan fingerprint density at radius 1 is 0.253 bits per heavy atom. The van der Waals surface area contributed by atoms with Crippen molar-refractivity contribution >= 4 is 17.9 Å². The van der Waals surface area contributed by atoms with Crippen molar-refractivity contribution in [3.8, 4) is 0 Å². The average Bonchev–Trinajstić information content (AvgIpc) is 3.48. The van der Waals surface area contributed by atoms with Crippen LogP contribution in [-0.4, -0.2) is 37.2 Å². The first-order valence-electron chi connectivity index (χ1n) is 36.1. The van der Waals surface area contributed by atoms with Gasteiger partial charge in [0.1, 0.15) is 13.2 Å². The Hall–Kier alpha value is -3.41. The second kappa shape index (κ2) is 71.1. The van der Waals surface area contributed by atoms with Gasteiger partial charge in [-0.05, 0) is 89.9 Å². The molecule has 0 N–H and O–H groups in total. The third-order valence-electron chi connectivity index (χ3n) is 15.9. The van der Waals surface area contributed by atoms with Crippen LogP contribution in [0, 0.1) is 0 Å². The monoisotopic (exact) mass is 1160 g/mol. The highest BCUT2D eigenvalue weighted by Gasteiger charge is 2.19. The van der Waals surface area contributed by atoms with E-state index in [1.807, 2.05) is 0 Å². The number of carbonyl (C=O) groups excluding carboxylic acids is 3. The van der Waals surface area contributed by atoms with Crippen LogP contribution in [0.15, 0.2) is 85.1 Å². The Kier molecular flexibility index (Phi) is 68.2. The fourth-order valence-corrected chi connectivity index (χ4v) is 10.5. The molecule has 0 aromatic rings. The van der Waals surface area contributed by atoms with E-state index in [1.165, 1.54) is 225 Å². The molecule has 0 spiro atoms. The maximum Gasteiger partial charge on any atom is 0.306 e. The molecule has 0 aliphatic carbocycles. The molecule has 0 radical (unpaired) electrons. The summed E-state index contributed by atoms with van der Waals surface area (Å²) in [5.41, 5.74) is 0. The molecule has 0 bridgehead atoms. The zero-order chi connectivity index (χ0) is 59.9. The van der Waals surface area contributed by atoms with Gasteiger partial charge >= 0.3 is 17.9 Å². The van der Waals surface area contributed by atoms with Crippen molar-refractivity contribution in [3.05, 3.63) is 85.1 Å². The number of unbranched alkanes of at least 4 members (excludes halogenated alkanes) is 41. The Labute approximate surface area is 515 Å². The molecule has 480 valence electrons. The molecule has 0 aliphatic heterocycles. The fraction of sp³-hybridized carbons (Fsp3) is 0.779. The van der Waals surface area contributed by atoms with E-state index in [2.05, 4.69) is 106 Å². The number of esters is 3. The lowest BCUT2D eigenvalue weighted by Crippen LogP contribution is -2.30. The zero-order valence-electron chi connectivity index (χ0n) is 55.2. The number of allylic oxidation sites excluding steroid dienone is 14. The number of rotatable bonds is 66. The van der Waals surface area contributed by atoms with Gasteiger partial charge in [0.05, 0.1) is 0 Å². The summed E-state index contributed by atoms with van der Waals surface area (Å²) in [6.07, 6.45) is 94.8. The first-order valence-corrected chi connectivity index (χ1v) is 36.1. The molecule has 1 atom stereocenters. The zero-order valence-corrected chi connectivity index (χ0v) is 55.2. The largest absolute Gasteiger partial charge is 0.462 e. The molecule has 1 unspecified atom stereocenters. The third kappa shape index (κ3) is 69.3. The number of hydrogen-bond donors (Lipinski definition) is 0. The van der Waals surface area contributed by atoms with E-state index in [0.717, 1.165) is 103 Å². The van der Waals surface area contributed by atoms with Crippen LogP contribution in [0.2, 0.25) is 0 Å². The Morgan fingerprint density at radius 2 is 0.482 bits per heavy atom. The van der Waals surface area contributed by atoms with Crippen LogP contribution in [0.1, 0.15) is 367 Å². The molecule has 0 saturated heterocycles. The Balaban J connectivity index is 4.15. The van der Waals surface area contributed by atoms with Crippen LogP contribution in [-0.2, 0) is 28.6 Å². The quantitative estimate of drug-likeness (QED) is 0.0261. The van der Waals surface area contributed by atoms with Gasteiger partial charge in [-0.3, -0.25) is 14.4 Å². The third-order valence-corrected chi connectivity index (χ3v) is 15.9. The molecule has 0 aromatic carbocycles. The smallest absolute Gasteiger partial charge is 0.306 e. The van der Waals surface area contributed by atoms with E-state index in [4.69, 9.17) is 14.2 Å². The summed E-state index contributed by atoms with van der Waals surface area (Å²) in [5, 5.41) is 0. The summed E-state index contributed by atoms with van der Waals surface area (Å²) < 4.78 is 17.0. The van der Waals surface area contributed by atoms with Crippen molar-refractivity contribution < 1.29 is 28.6 Å². The summed E-state index contributed by atoms with van der Waals surface area (Å²) >= 11 is 0. The minimum absolute atomic E-state index is 0.0743. The van der Waals surface area contributed by atoms with E-state index in [0.29, 0.717) is 19.3 Å².